The van der Waals surface area contributed by atoms with E-state index in [-0.39, 0.29) is 10.8 Å². The van der Waals surface area contributed by atoms with Crippen molar-refractivity contribution in [2.75, 3.05) is 25.1 Å². The molecule has 100 valence electrons. The van der Waals surface area contributed by atoms with Gasteiger partial charge in [0.25, 0.3) is 0 Å². The summed E-state index contributed by atoms with van der Waals surface area (Å²) >= 11 is 4.78. The third kappa shape index (κ3) is 4.98. The summed E-state index contributed by atoms with van der Waals surface area (Å²) in [5.41, 5.74) is 6.39. The van der Waals surface area contributed by atoms with E-state index in [1.54, 1.807) is 12.1 Å². The van der Waals surface area contributed by atoms with Gasteiger partial charge in [-0.2, -0.15) is 0 Å². The highest BCUT2D eigenvalue weighted by molar-refractivity contribution is 7.80. The SMILES string of the molecule is CC(C)COCCNc1ccc(C(N)=S)cc1F. The zero-order valence-corrected chi connectivity index (χ0v) is 11.5. The lowest BCUT2D eigenvalue weighted by atomic mass is 10.2. The topological polar surface area (TPSA) is 47.3 Å². The average Bonchev–Trinajstić information content (AvgIpc) is 2.29. The Kier molecular flexibility index (Phi) is 6.01. The minimum absolute atomic E-state index is 0.195. The van der Waals surface area contributed by atoms with Gasteiger partial charge in [0, 0.05) is 18.7 Å². The van der Waals surface area contributed by atoms with Gasteiger partial charge in [-0.1, -0.05) is 26.1 Å². The molecule has 0 aliphatic heterocycles. The molecule has 0 radical (unpaired) electrons. The molecule has 0 aliphatic carbocycles. The zero-order chi connectivity index (χ0) is 13.5. The first-order chi connectivity index (χ1) is 8.50. The summed E-state index contributed by atoms with van der Waals surface area (Å²) in [5.74, 6) is 0.149. The molecule has 1 rings (SSSR count). The van der Waals surface area contributed by atoms with Crippen LogP contribution in [-0.2, 0) is 4.74 Å². The van der Waals surface area contributed by atoms with Crippen molar-refractivity contribution in [2.24, 2.45) is 11.7 Å². The average molecular weight is 270 g/mol. The highest BCUT2D eigenvalue weighted by Gasteiger charge is 2.04. The van der Waals surface area contributed by atoms with Gasteiger partial charge in [-0.25, -0.2) is 4.39 Å². The van der Waals surface area contributed by atoms with Gasteiger partial charge < -0.3 is 15.8 Å². The fourth-order valence-corrected chi connectivity index (χ4v) is 1.52. The lowest BCUT2D eigenvalue weighted by molar-refractivity contribution is 0.118. The van der Waals surface area contributed by atoms with E-state index >= 15 is 0 Å². The Bertz CT molecular complexity index is 410. The van der Waals surface area contributed by atoms with E-state index in [0.29, 0.717) is 36.9 Å². The van der Waals surface area contributed by atoms with Crippen LogP contribution in [0.5, 0.6) is 0 Å². The molecule has 3 N–H and O–H groups in total. The predicted molar refractivity (Wildman–Crippen MR) is 76.4 cm³/mol. The minimum Gasteiger partial charge on any atom is -0.389 e. The first-order valence-corrected chi connectivity index (χ1v) is 6.32. The number of benzene rings is 1. The molecule has 0 unspecified atom stereocenters. The maximum absolute atomic E-state index is 13.6. The van der Waals surface area contributed by atoms with Crippen molar-refractivity contribution in [3.8, 4) is 0 Å². The number of thiocarbonyl (C=S) groups is 1. The van der Waals surface area contributed by atoms with Crippen molar-refractivity contribution >= 4 is 22.9 Å². The van der Waals surface area contributed by atoms with Crippen LogP contribution in [0, 0.1) is 11.7 Å². The summed E-state index contributed by atoms with van der Waals surface area (Å²) in [5, 5.41) is 2.97. The van der Waals surface area contributed by atoms with Gasteiger partial charge in [-0.15, -0.1) is 0 Å². The number of halogens is 1. The Morgan fingerprint density at radius 1 is 1.50 bits per heavy atom. The number of ether oxygens (including phenoxy) is 1. The zero-order valence-electron chi connectivity index (χ0n) is 10.7. The van der Waals surface area contributed by atoms with E-state index in [1.165, 1.54) is 6.07 Å². The van der Waals surface area contributed by atoms with Gasteiger partial charge in [-0.05, 0) is 24.1 Å². The van der Waals surface area contributed by atoms with E-state index in [1.807, 2.05) is 0 Å². The van der Waals surface area contributed by atoms with E-state index in [2.05, 4.69) is 19.2 Å². The molecule has 0 aliphatic rings. The Balaban J connectivity index is 2.41. The third-order valence-electron chi connectivity index (χ3n) is 2.27. The van der Waals surface area contributed by atoms with Gasteiger partial charge in [0.1, 0.15) is 10.8 Å². The Labute approximate surface area is 113 Å². The standard InChI is InChI=1S/C13H19FN2OS/c1-9(2)8-17-6-5-16-12-4-3-10(13(15)18)7-11(12)14/h3-4,7,9,16H,5-6,8H2,1-2H3,(H2,15,18). The van der Waals surface area contributed by atoms with Crippen LogP contribution in [0.4, 0.5) is 10.1 Å². The first kappa shape index (κ1) is 14.9. The second-order valence-corrected chi connectivity index (χ2v) is 4.89. The van der Waals surface area contributed by atoms with E-state index in [0.717, 1.165) is 0 Å². The summed E-state index contributed by atoms with van der Waals surface area (Å²) in [6, 6.07) is 4.66. The Hall–Kier alpha value is -1.20. The molecule has 0 saturated heterocycles. The Morgan fingerprint density at radius 3 is 2.78 bits per heavy atom. The second-order valence-electron chi connectivity index (χ2n) is 4.45. The number of nitrogens with one attached hydrogen (secondary N) is 1. The van der Waals surface area contributed by atoms with Gasteiger partial charge >= 0.3 is 0 Å². The van der Waals surface area contributed by atoms with Crippen LogP contribution in [0.25, 0.3) is 0 Å². The highest BCUT2D eigenvalue weighted by Crippen LogP contribution is 2.15. The summed E-state index contributed by atoms with van der Waals surface area (Å²) < 4.78 is 19.0. The van der Waals surface area contributed by atoms with Crippen LogP contribution >= 0.6 is 12.2 Å². The van der Waals surface area contributed by atoms with Crippen molar-refractivity contribution in [1.82, 2.24) is 0 Å². The van der Waals surface area contributed by atoms with E-state index in [9.17, 15) is 4.39 Å². The maximum Gasteiger partial charge on any atom is 0.146 e. The second kappa shape index (κ2) is 7.28. The first-order valence-electron chi connectivity index (χ1n) is 5.91. The third-order valence-corrected chi connectivity index (χ3v) is 2.50. The summed E-state index contributed by atoms with van der Waals surface area (Å²) in [6.07, 6.45) is 0. The van der Waals surface area contributed by atoms with Crippen LogP contribution in [0.1, 0.15) is 19.4 Å². The van der Waals surface area contributed by atoms with Crippen LogP contribution < -0.4 is 11.1 Å². The number of anilines is 1. The quantitative estimate of drug-likeness (QED) is 0.590. The molecular weight excluding hydrogens is 251 g/mol. The van der Waals surface area contributed by atoms with Crippen molar-refractivity contribution in [2.45, 2.75) is 13.8 Å². The number of nitrogens with two attached hydrogens (primary N) is 1. The van der Waals surface area contributed by atoms with Crippen molar-refractivity contribution in [3.05, 3.63) is 29.6 Å². The molecule has 0 bridgehead atoms. The molecule has 0 fully saturated rings. The van der Waals surface area contributed by atoms with Gasteiger partial charge in [0.15, 0.2) is 0 Å². The monoisotopic (exact) mass is 270 g/mol. The van der Waals surface area contributed by atoms with Gasteiger partial charge in [0.05, 0.1) is 12.3 Å². The van der Waals surface area contributed by atoms with E-state index < -0.39 is 0 Å². The fourth-order valence-electron chi connectivity index (χ4n) is 1.39. The van der Waals surface area contributed by atoms with Crippen molar-refractivity contribution in [3.63, 3.8) is 0 Å². The van der Waals surface area contributed by atoms with Crippen molar-refractivity contribution in [1.29, 1.82) is 0 Å². The van der Waals surface area contributed by atoms with Crippen LogP contribution in [0.15, 0.2) is 18.2 Å². The number of hydrogen-bond acceptors (Lipinski definition) is 3. The normalized spacial score (nSPS) is 10.7. The fraction of sp³-hybridized carbons (Fsp3) is 0.462. The molecule has 1 aromatic carbocycles. The molecular formula is C13H19FN2OS. The van der Waals surface area contributed by atoms with E-state index in [4.69, 9.17) is 22.7 Å². The van der Waals surface area contributed by atoms with Gasteiger partial charge in [0.2, 0.25) is 0 Å². The lowest BCUT2D eigenvalue weighted by Gasteiger charge is -2.10. The lowest BCUT2D eigenvalue weighted by Crippen LogP contribution is -2.14. The largest absolute Gasteiger partial charge is 0.389 e. The summed E-state index contributed by atoms with van der Waals surface area (Å²) in [6.45, 7) is 6.00. The molecule has 0 aromatic heterocycles. The molecule has 1 aromatic rings. The maximum atomic E-state index is 13.6. The molecule has 0 saturated carbocycles. The molecule has 0 amide bonds. The van der Waals surface area contributed by atoms with Crippen LogP contribution in [0.2, 0.25) is 0 Å². The molecule has 18 heavy (non-hydrogen) atoms. The van der Waals surface area contributed by atoms with Crippen molar-refractivity contribution < 1.29 is 9.13 Å². The predicted octanol–water partition coefficient (Wildman–Crippen LogP) is 2.54. The van der Waals surface area contributed by atoms with Crippen LogP contribution in [0.3, 0.4) is 0 Å². The highest BCUT2D eigenvalue weighted by atomic mass is 32.1. The number of rotatable bonds is 7. The molecule has 5 heteroatoms. The smallest absolute Gasteiger partial charge is 0.146 e. The van der Waals surface area contributed by atoms with Gasteiger partial charge in [-0.3, -0.25) is 0 Å². The molecule has 0 atom stereocenters. The Morgan fingerprint density at radius 2 is 2.22 bits per heavy atom. The minimum atomic E-state index is -0.357. The summed E-state index contributed by atoms with van der Waals surface area (Å²) in [7, 11) is 0. The number of hydrogen-bond donors (Lipinski definition) is 2. The molecule has 0 heterocycles. The molecule has 3 nitrogen and oxygen atoms in total. The summed E-state index contributed by atoms with van der Waals surface area (Å²) in [4.78, 5) is 0.195. The van der Waals surface area contributed by atoms with Crippen LogP contribution in [-0.4, -0.2) is 24.7 Å². The molecule has 0 spiro atoms.